The molecule has 0 spiro atoms. The summed E-state index contributed by atoms with van der Waals surface area (Å²) in [7, 11) is 1.39. The Morgan fingerprint density at radius 2 is 1.79 bits per heavy atom. The third kappa shape index (κ3) is 4.24. The first-order valence-electron chi connectivity index (χ1n) is 11.3. The molecule has 0 unspecified atom stereocenters. The Kier molecular flexibility index (Phi) is 6.30. The van der Waals surface area contributed by atoms with E-state index in [0.717, 1.165) is 29.3 Å². The summed E-state index contributed by atoms with van der Waals surface area (Å²) in [6, 6.07) is 10.9. The Morgan fingerprint density at radius 1 is 1.03 bits per heavy atom. The fraction of sp³-hybridized carbons (Fsp3) is 0.185. The highest BCUT2D eigenvalue weighted by Crippen LogP contribution is 2.42. The molecule has 0 radical (unpaired) electrons. The van der Waals surface area contributed by atoms with E-state index in [0.29, 0.717) is 34.9 Å². The maximum Gasteiger partial charge on any atom is 0.416 e. The second kappa shape index (κ2) is 9.36. The van der Waals surface area contributed by atoms with Crippen LogP contribution in [0, 0.1) is 5.82 Å². The van der Waals surface area contributed by atoms with E-state index >= 15 is 0 Å². The number of esters is 1. The molecule has 196 valence electrons. The van der Waals surface area contributed by atoms with Gasteiger partial charge in [-0.05, 0) is 53.4 Å². The Bertz CT molecular complexity index is 1610. The lowest BCUT2D eigenvalue weighted by atomic mass is 9.95. The zero-order valence-electron chi connectivity index (χ0n) is 19.7. The van der Waals surface area contributed by atoms with Crippen molar-refractivity contribution in [2.75, 3.05) is 13.9 Å². The van der Waals surface area contributed by atoms with Crippen molar-refractivity contribution in [2.24, 2.45) is 0 Å². The number of ether oxygens (including phenoxy) is 4. The smallest absolute Gasteiger partial charge is 0.416 e. The number of fused-ring (bicyclic) bond motifs is 5. The van der Waals surface area contributed by atoms with Crippen molar-refractivity contribution < 1.29 is 58.3 Å². The fourth-order valence-corrected chi connectivity index (χ4v) is 4.67. The molecule has 2 aliphatic rings. The summed E-state index contributed by atoms with van der Waals surface area (Å²) >= 11 is 0. The van der Waals surface area contributed by atoms with Crippen molar-refractivity contribution in [1.82, 2.24) is 0 Å². The van der Waals surface area contributed by atoms with Crippen molar-refractivity contribution >= 4 is 16.7 Å². The third-order valence-electron chi connectivity index (χ3n) is 6.51. The van der Waals surface area contributed by atoms with E-state index in [1.807, 2.05) is 29.0 Å². The minimum atomic E-state index is -4.74. The molecule has 0 fully saturated rings. The van der Waals surface area contributed by atoms with Gasteiger partial charge in [0.2, 0.25) is 12.5 Å². The van der Waals surface area contributed by atoms with Crippen LogP contribution in [0.3, 0.4) is 0 Å². The van der Waals surface area contributed by atoms with Gasteiger partial charge in [0.25, 0.3) is 0 Å². The van der Waals surface area contributed by atoms with Gasteiger partial charge < -0.3 is 31.4 Å². The van der Waals surface area contributed by atoms with Gasteiger partial charge in [-0.1, -0.05) is 0 Å². The van der Waals surface area contributed by atoms with Gasteiger partial charge in [-0.15, -0.1) is 0 Å². The first kappa shape index (κ1) is 25.6. The van der Waals surface area contributed by atoms with Crippen LogP contribution < -0.4 is 35.9 Å². The molecule has 6 rings (SSSR count). The highest BCUT2D eigenvalue weighted by molar-refractivity contribution is 5.97. The summed E-state index contributed by atoms with van der Waals surface area (Å²) in [4.78, 5) is 12.8. The van der Waals surface area contributed by atoms with Crippen molar-refractivity contribution in [3.63, 3.8) is 0 Å². The molecule has 0 bridgehead atoms. The number of halogens is 5. The topological polar surface area (TPSA) is 57.9 Å². The number of carbonyl (C=O) groups excluding carboxylic acids is 1. The van der Waals surface area contributed by atoms with Gasteiger partial charge in [-0.25, -0.2) is 9.18 Å². The predicted octanol–water partition coefficient (Wildman–Crippen LogP) is 2.47. The molecule has 0 N–H and O–H groups in total. The quantitative estimate of drug-likeness (QED) is 0.171. The van der Waals surface area contributed by atoms with Crippen LogP contribution in [0.5, 0.6) is 23.0 Å². The number of benzene rings is 3. The number of hydrogen-bond acceptors (Lipinski definition) is 5. The van der Waals surface area contributed by atoms with Crippen molar-refractivity contribution in [3.05, 3.63) is 77.2 Å². The van der Waals surface area contributed by atoms with Gasteiger partial charge in [0.15, 0.2) is 35.7 Å². The number of rotatable bonds is 3. The molecular weight excluding hydrogens is 530 g/mol. The number of nitrogens with zero attached hydrogens (tertiary/aromatic N) is 1. The summed E-state index contributed by atoms with van der Waals surface area (Å²) in [6.45, 7) is 0.806. The number of hydrogen-bond donors (Lipinski definition) is 0. The Morgan fingerprint density at radius 3 is 2.50 bits per heavy atom. The summed E-state index contributed by atoms with van der Waals surface area (Å²) in [6.07, 6.45) is -2.20. The number of methoxy groups -OCH3 is 1. The lowest BCUT2D eigenvalue weighted by Crippen LogP contribution is -3.00. The minimum absolute atomic E-state index is 0. The van der Waals surface area contributed by atoms with Gasteiger partial charge >= 0.3 is 12.1 Å². The van der Waals surface area contributed by atoms with Gasteiger partial charge in [-0.2, -0.15) is 17.7 Å². The van der Waals surface area contributed by atoms with E-state index in [9.17, 15) is 22.4 Å². The SMILES string of the molecule is COc1ccc2cc3[n+](cc2c1OC(=O)c1ccc(C(F)(F)F)cc1F)CCc1cc2c(cc1-3)OCO2.[Cl-]. The summed E-state index contributed by atoms with van der Waals surface area (Å²) < 4.78 is 77.1. The van der Waals surface area contributed by atoms with E-state index in [1.165, 1.54) is 7.11 Å². The molecule has 38 heavy (non-hydrogen) atoms. The van der Waals surface area contributed by atoms with E-state index in [2.05, 4.69) is 0 Å². The first-order valence-corrected chi connectivity index (χ1v) is 11.3. The van der Waals surface area contributed by atoms with Crippen LogP contribution in [0.25, 0.3) is 22.0 Å². The van der Waals surface area contributed by atoms with Gasteiger partial charge in [0.05, 0.1) is 29.2 Å². The fourth-order valence-electron chi connectivity index (χ4n) is 4.67. The normalized spacial score (nSPS) is 13.4. The van der Waals surface area contributed by atoms with Gasteiger partial charge in [0, 0.05) is 12.5 Å². The van der Waals surface area contributed by atoms with E-state index in [1.54, 1.807) is 12.1 Å². The van der Waals surface area contributed by atoms with Crippen LogP contribution in [0.1, 0.15) is 21.5 Å². The summed E-state index contributed by atoms with van der Waals surface area (Å²) in [5.41, 5.74) is 1.20. The largest absolute Gasteiger partial charge is 1.00 e. The molecular formula is C27H18ClF4NO5. The molecule has 0 aliphatic carbocycles. The van der Waals surface area contributed by atoms with E-state index < -0.39 is 29.1 Å². The lowest BCUT2D eigenvalue weighted by molar-refractivity contribution is -0.686. The molecule has 3 aromatic carbocycles. The molecule has 11 heteroatoms. The Balaban J connectivity index is 0.00000294. The third-order valence-corrected chi connectivity index (χ3v) is 6.51. The molecule has 1 aromatic heterocycles. The van der Waals surface area contributed by atoms with Crippen LogP contribution >= 0.6 is 0 Å². The number of alkyl halides is 3. The molecule has 4 aromatic rings. The summed E-state index contributed by atoms with van der Waals surface area (Å²) in [5, 5.41) is 1.24. The Labute approximate surface area is 219 Å². The first-order chi connectivity index (χ1) is 17.7. The maximum absolute atomic E-state index is 14.4. The highest BCUT2D eigenvalue weighted by atomic mass is 35.5. The minimum Gasteiger partial charge on any atom is -1.00 e. The maximum atomic E-state index is 14.4. The van der Waals surface area contributed by atoms with Crippen molar-refractivity contribution in [3.8, 4) is 34.3 Å². The molecule has 2 aliphatic heterocycles. The lowest BCUT2D eigenvalue weighted by Gasteiger charge is -2.17. The molecule has 0 saturated carbocycles. The van der Waals surface area contributed by atoms with Crippen LogP contribution in [0.4, 0.5) is 17.6 Å². The van der Waals surface area contributed by atoms with Crippen LogP contribution in [-0.2, 0) is 19.1 Å². The number of aryl methyl sites for hydroxylation is 2. The van der Waals surface area contributed by atoms with Crippen LogP contribution in [0.15, 0.2) is 54.7 Å². The number of carbonyl (C=O) groups is 1. The number of pyridine rings is 1. The van der Waals surface area contributed by atoms with Crippen molar-refractivity contribution in [2.45, 2.75) is 19.1 Å². The highest BCUT2D eigenvalue weighted by Gasteiger charge is 2.33. The standard InChI is InChI=1S/C27H18F4NO5.ClH/c1-34-22-5-2-14-8-21-18-11-24-23(35-13-36-24)9-15(18)6-7-32(21)12-19(14)25(22)37-26(33)17-4-3-16(10-20(17)28)27(29,30)31;/h2-5,8-12H,6-7,13H2,1H3;1H/q+1;/p-1. The van der Waals surface area contributed by atoms with E-state index in [-0.39, 0.29) is 36.8 Å². The second-order valence-corrected chi connectivity index (χ2v) is 8.65. The molecule has 6 nitrogen and oxygen atoms in total. The summed E-state index contributed by atoms with van der Waals surface area (Å²) in [5.74, 6) is -0.846. The van der Waals surface area contributed by atoms with Crippen LogP contribution in [0.2, 0.25) is 0 Å². The van der Waals surface area contributed by atoms with Gasteiger partial charge in [0.1, 0.15) is 5.82 Å². The molecule has 3 heterocycles. The molecule has 0 amide bonds. The van der Waals surface area contributed by atoms with Crippen molar-refractivity contribution in [1.29, 1.82) is 0 Å². The zero-order chi connectivity index (χ0) is 25.9. The van der Waals surface area contributed by atoms with Gasteiger partial charge in [-0.3, -0.25) is 0 Å². The predicted molar refractivity (Wildman–Crippen MR) is 122 cm³/mol. The monoisotopic (exact) mass is 547 g/mol. The Hall–Kier alpha value is -4.05. The van der Waals surface area contributed by atoms with E-state index in [4.69, 9.17) is 18.9 Å². The molecule has 0 atom stereocenters. The average molecular weight is 548 g/mol. The number of aromatic nitrogens is 1. The molecule has 0 saturated heterocycles. The second-order valence-electron chi connectivity index (χ2n) is 8.65. The zero-order valence-corrected chi connectivity index (χ0v) is 20.5. The average Bonchev–Trinajstić information content (AvgIpc) is 3.33. The van der Waals surface area contributed by atoms with Crippen LogP contribution in [-0.4, -0.2) is 19.9 Å².